The maximum absolute atomic E-state index is 11.5. The molecule has 0 aliphatic heterocycles. The smallest absolute Gasteiger partial charge is 0.333 e. The van der Waals surface area contributed by atoms with Crippen molar-refractivity contribution < 1.29 is 24.1 Å². The third kappa shape index (κ3) is 4.04. The Labute approximate surface area is 157 Å². The topological polar surface area (TPSA) is 65.0 Å². The fraction of sp³-hybridized carbons (Fsp3) is 0.227. The molecule has 0 radical (unpaired) electrons. The molecule has 0 spiro atoms. The number of carbonyl (C=O) groups is 1. The molecule has 0 aliphatic rings. The van der Waals surface area contributed by atoms with Crippen LogP contribution in [0.1, 0.15) is 6.92 Å². The number of aliphatic hydroxyl groups excluding tert-OH is 1. The van der Waals surface area contributed by atoms with Crippen molar-refractivity contribution in [3.8, 4) is 11.5 Å². The number of aliphatic hydroxyl groups is 1. The van der Waals surface area contributed by atoms with Crippen molar-refractivity contribution in [3.05, 3.63) is 60.7 Å². The fourth-order valence-corrected chi connectivity index (χ4v) is 2.88. The van der Waals surface area contributed by atoms with Crippen LogP contribution in [0, 0.1) is 0 Å². The second-order valence-electron chi connectivity index (χ2n) is 6.33. The van der Waals surface area contributed by atoms with Crippen LogP contribution in [0.5, 0.6) is 11.5 Å². The van der Waals surface area contributed by atoms with E-state index in [-0.39, 0.29) is 18.8 Å². The summed E-state index contributed by atoms with van der Waals surface area (Å²) >= 11 is 0. The maximum Gasteiger partial charge on any atom is 0.333 e. The number of carbonyl (C=O) groups excluding carboxylic acids is 1. The Balaban J connectivity index is 1.90. The zero-order valence-corrected chi connectivity index (χ0v) is 15.4. The third-order valence-electron chi connectivity index (χ3n) is 4.21. The zero-order chi connectivity index (χ0) is 19.4. The average molecular weight is 366 g/mol. The molecular formula is C22H22O5. The van der Waals surface area contributed by atoms with Gasteiger partial charge in [0.1, 0.15) is 30.8 Å². The van der Waals surface area contributed by atoms with Crippen LogP contribution in [0.2, 0.25) is 0 Å². The van der Waals surface area contributed by atoms with Gasteiger partial charge < -0.3 is 19.3 Å². The molecule has 0 bridgehead atoms. The number of methoxy groups -OCH3 is 1. The lowest BCUT2D eigenvalue weighted by atomic mass is 10.0. The van der Waals surface area contributed by atoms with Gasteiger partial charge in [-0.25, -0.2) is 4.79 Å². The molecule has 0 saturated carbocycles. The molecule has 5 nitrogen and oxygen atoms in total. The van der Waals surface area contributed by atoms with Crippen molar-refractivity contribution in [1.29, 1.82) is 0 Å². The lowest BCUT2D eigenvalue weighted by molar-refractivity contribution is -0.142. The number of esters is 1. The number of benzene rings is 3. The van der Waals surface area contributed by atoms with Gasteiger partial charge in [-0.05, 0) is 24.4 Å². The van der Waals surface area contributed by atoms with Crippen molar-refractivity contribution in [2.45, 2.75) is 13.0 Å². The summed E-state index contributed by atoms with van der Waals surface area (Å²) in [5.41, 5.74) is 0.287. The van der Waals surface area contributed by atoms with E-state index in [9.17, 15) is 9.90 Å². The first-order valence-electron chi connectivity index (χ1n) is 8.63. The Morgan fingerprint density at radius 2 is 1.81 bits per heavy atom. The highest BCUT2D eigenvalue weighted by atomic mass is 16.5. The monoisotopic (exact) mass is 366 g/mol. The van der Waals surface area contributed by atoms with E-state index in [1.54, 1.807) is 14.0 Å². The lowest BCUT2D eigenvalue weighted by Gasteiger charge is -2.17. The average Bonchev–Trinajstić information content (AvgIpc) is 2.68. The van der Waals surface area contributed by atoms with Crippen LogP contribution in [0.25, 0.3) is 21.5 Å². The molecule has 5 heteroatoms. The molecule has 3 aromatic carbocycles. The molecule has 0 heterocycles. The van der Waals surface area contributed by atoms with E-state index in [1.165, 1.54) is 0 Å². The van der Waals surface area contributed by atoms with Crippen molar-refractivity contribution in [2.75, 3.05) is 20.3 Å². The van der Waals surface area contributed by atoms with Crippen molar-refractivity contribution in [1.82, 2.24) is 0 Å². The molecule has 1 unspecified atom stereocenters. The summed E-state index contributed by atoms with van der Waals surface area (Å²) in [6, 6.07) is 15.7. The van der Waals surface area contributed by atoms with Gasteiger partial charge in [-0.2, -0.15) is 0 Å². The van der Waals surface area contributed by atoms with Gasteiger partial charge in [0.05, 0.1) is 7.11 Å². The molecule has 0 saturated heterocycles. The number of ether oxygens (including phenoxy) is 3. The molecule has 0 fully saturated rings. The molecule has 3 aromatic rings. The first-order chi connectivity index (χ1) is 13.0. The van der Waals surface area contributed by atoms with E-state index >= 15 is 0 Å². The summed E-state index contributed by atoms with van der Waals surface area (Å²) in [6.45, 7) is 4.90. The van der Waals surface area contributed by atoms with Gasteiger partial charge in [0, 0.05) is 21.7 Å². The van der Waals surface area contributed by atoms with Crippen molar-refractivity contribution >= 4 is 27.5 Å². The minimum Gasteiger partial charge on any atom is -0.496 e. The van der Waals surface area contributed by atoms with Crippen LogP contribution in [-0.4, -0.2) is 37.5 Å². The largest absolute Gasteiger partial charge is 0.496 e. The summed E-state index contributed by atoms with van der Waals surface area (Å²) in [5, 5.41) is 13.9. The number of hydrogen-bond acceptors (Lipinski definition) is 5. The quantitative estimate of drug-likeness (QED) is 0.391. The van der Waals surface area contributed by atoms with Gasteiger partial charge in [0.2, 0.25) is 0 Å². The molecule has 140 valence electrons. The summed E-state index contributed by atoms with van der Waals surface area (Å²) in [5.74, 6) is 0.876. The summed E-state index contributed by atoms with van der Waals surface area (Å²) in [6.07, 6.45) is -0.951. The molecule has 0 amide bonds. The highest BCUT2D eigenvalue weighted by molar-refractivity contribution is 6.07. The normalized spacial score (nSPS) is 12.0. The summed E-state index contributed by atoms with van der Waals surface area (Å²) in [7, 11) is 1.63. The summed E-state index contributed by atoms with van der Waals surface area (Å²) in [4.78, 5) is 11.5. The van der Waals surface area contributed by atoms with Crippen LogP contribution in [0.15, 0.2) is 60.7 Å². The zero-order valence-electron chi connectivity index (χ0n) is 15.4. The first kappa shape index (κ1) is 18.7. The lowest BCUT2D eigenvalue weighted by Crippen LogP contribution is -2.25. The standard InChI is InChI=1S/C22H22O5/c1-14(2)22(24)27-13-16(23)12-26-21-17-8-5-4-7-15(17)11-19-18(21)9-6-10-20(19)25-3/h4-11,16,23H,1,12-13H2,2-3H3. The van der Waals surface area contributed by atoms with E-state index in [0.29, 0.717) is 5.75 Å². The third-order valence-corrected chi connectivity index (χ3v) is 4.21. The Bertz CT molecular complexity index is 993. The van der Waals surface area contributed by atoms with Gasteiger partial charge >= 0.3 is 5.97 Å². The maximum atomic E-state index is 11.5. The molecule has 1 atom stereocenters. The van der Waals surface area contributed by atoms with Crippen molar-refractivity contribution in [3.63, 3.8) is 0 Å². The molecule has 0 aliphatic carbocycles. The van der Waals surface area contributed by atoms with Gasteiger partial charge in [-0.1, -0.05) is 43.0 Å². The molecular weight excluding hydrogens is 344 g/mol. The Hall–Kier alpha value is -3.05. The SMILES string of the molecule is C=C(C)C(=O)OCC(O)COc1c2ccccc2cc2c(OC)cccc12. The second kappa shape index (κ2) is 8.10. The first-order valence-corrected chi connectivity index (χ1v) is 8.63. The van der Waals surface area contributed by atoms with Gasteiger partial charge in [0.15, 0.2) is 0 Å². The van der Waals surface area contributed by atoms with Crippen molar-refractivity contribution in [2.24, 2.45) is 0 Å². The molecule has 1 N–H and O–H groups in total. The van der Waals surface area contributed by atoms with Gasteiger partial charge in [-0.15, -0.1) is 0 Å². The van der Waals surface area contributed by atoms with Crippen LogP contribution >= 0.6 is 0 Å². The van der Waals surface area contributed by atoms with Crippen LogP contribution in [0.3, 0.4) is 0 Å². The predicted molar refractivity (Wildman–Crippen MR) is 105 cm³/mol. The van der Waals surface area contributed by atoms with E-state index in [2.05, 4.69) is 12.6 Å². The molecule has 3 rings (SSSR count). The van der Waals surface area contributed by atoms with E-state index in [1.807, 2.05) is 42.5 Å². The minimum absolute atomic E-state index is 0.0101. The second-order valence-corrected chi connectivity index (χ2v) is 6.33. The molecule has 0 aromatic heterocycles. The Morgan fingerprint density at radius 1 is 1.07 bits per heavy atom. The van der Waals surface area contributed by atoms with Gasteiger partial charge in [-0.3, -0.25) is 0 Å². The number of rotatable bonds is 7. The van der Waals surface area contributed by atoms with E-state index < -0.39 is 12.1 Å². The Morgan fingerprint density at radius 3 is 2.56 bits per heavy atom. The summed E-state index contributed by atoms with van der Waals surface area (Å²) < 4.78 is 16.4. The Kier molecular flexibility index (Phi) is 5.62. The fourth-order valence-electron chi connectivity index (χ4n) is 2.88. The highest BCUT2D eigenvalue weighted by Crippen LogP contribution is 2.38. The van der Waals surface area contributed by atoms with Crippen LogP contribution in [0.4, 0.5) is 0 Å². The number of hydrogen-bond donors (Lipinski definition) is 1. The van der Waals surface area contributed by atoms with Crippen LogP contribution < -0.4 is 9.47 Å². The predicted octanol–water partition coefficient (Wildman–Crippen LogP) is 3.86. The van der Waals surface area contributed by atoms with Crippen LogP contribution in [-0.2, 0) is 9.53 Å². The molecule has 27 heavy (non-hydrogen) atoms. The highest BCUT2D eigenvalue weighted by Gasteiger charge is 2.15. The van der Waals surface area contributed by atoms with Gasteiger partial charge in [0.25, 0.3) is 0 Å². The van der Waals surface area contributed by atoms with E-state index in [4.69, 9.17) is 14.2 Å². The number of fused-ring (bicyclic) bond motifs is 2. The van der Waals surface area contributed by atoms with E-state index in [0.717, 1.165) is 27.3 Å². The minimum atomic E-state index is -0.951.